The number of hydrogen-bond donors (Lipinski definition) is 3. The molecule has 204 valence electrons. The Morgan fingerprint density at radius 3 is 2.46 bits per heavy atom. The predicted molar refractivity (Wildman–Crippen MR) is 143 cm³/mol. The third kappa shape index (κ3) is 6.21. The third-order valence-electron chi connectivity index (χ3n) is 6.57. The third-order valence-corrected chi connectivity index (χ3v) is 6.57. The molecule has 4 aromatic rings. The van der Waals surface area contributed by atoms with Gasteiger partial charge in [-0.1, -0.05) is 30.3 Å². The number of nitrogens with zero attached hydrogens (tertiary/aromatic N) is 2. The van der Waals surface area contributed by atoms with Gasteiger partial charge in [0.15, 0.2) is 11.6 Å². The van der Waals surface area contributed by atoms with Gasteiger partial charge in [0, 0.05) is 11.9 Å². The van der Waals surface area contributed by atoms with Crippen LogP contribution in [0, 0.1) is 11.6 Å². The second-order valence-electron chi connectivity index (χ2n) is 9.14. The van der Waals surface area contributed by atoms with Crippen LogP contribution in [0.4, 0.5) is 14.7 Å². The first kappa shape index (κ1) is 27.0. The Morgan fingerprint density at radius 1 is 0.897 bits per heavy atom. The lowest BCUT2D eigenvalue weighted by atomic mass is 9.95. The van der Waals surface area contributed by atoms with E-state index in [4.69, 9.17) is 25.1 Å². The van der Waals surface area contributed by atoms with Crippen molar-refractivity contribution in [2.24, 2.45) is 0 Å². The van der Waals surface area contributed by atoms with Gasteiger partial charge in [-0.25, -0.2) is 18.7 Å². The van der Waals surface area contributed by atoms with Gasteiger partial charge in [0.2, 0.25) is 5.95 Å². The maximum atomic E-state index is 14.4. The van der Waals surface area contributed by atoms with Crippen molar-refractivity contribution < 1.29 is 28.1 Å². The van der Waals surface area contributed by atoms with Crippen molar-refractivity contribution >= 4 is 16.9 Å². The molecule has 2 heterocycles. The minimum Gasteiger partial charge on any atom is -0.394 e. The van der Waals surface area contributed by atoms with Crippen LogP contribution >= 0.6 is 0 Å². The lowest BCUT2D eigenvalue weighted by molar-refractivity contribution is 0.00453. The molecule has 4 N–H and O–H groups in total. The molecule has 0 bridgehead atoms. The van der Waals surface area contributed by atoms with E-state index in [-0.39, 0.29) is 38.4 Å². The Labute approximate surface area is 224 Å². The van der Waals surface area contributed by atoms with Crippen LogP contribution in [0.25, 0.3) is 22.0 Å². The smallest absolute Gasteiger partial charge is 0.220 e. The molecule has 3 aromatic carbocycles. The van der Waals surface area contributed by atoms with Gasteiger partial charge >= 0.3 is 0 Å². The highest BCUT2D eigenvalue weighted by Gasteiger charge is 2.26. The topological polar surface area (TPSA) is 112 Å². The molecular formula is C29H30F2N4O4. The van der Waals surface area contributed by atoms with Crippen LogP contribution in [-0.4, -0.2) is 54.7 Å². The average Bonchev–Trinajstić information content (AvgIpc) is 3.37. The SMILES string of the molecule is Nc1nc(C2NCc3ccccc32)c2cc(-c3cc(F)c(F)cc3COCCOCCOCCO)ccc2n1. The van der Waals surface area contributed by atoms with Gasteiger partial charge in [0.25, 0.3) is 0 Å². The van der Waals surface area contributed by atoms with E-state index >= 15 is 0 Å². The van der Waals surface area contributed by atoms with E-state index < -0.39 is 11.6 Å². The first-order valence-electron chi connectivity index (χ1n) is 12.8. The van der Waals surface area contributed by atoms with Gasteiger partial charge in [-0.2, -0.15) is 0 Å². The molecule has 0 fully saturated rings. The first-order valence-corrected chi connectivity index (χ1v) is 12.8. The molecule has 1 aromatic heterocycles. The number of rotatable bonds is 12. The number of anilines is 1. The fraction of sp³-hybridized carbons (Fsp3) is 0.310. The Kier molecular flexibility index (Phi) is 8.70. The fourth-order valence-electron chi connectivity index (χ4n) is 4.76. The van der Waals surface area contributed by atoms with Crippen molar-refractivity contribution in [3.63, 3.8) is 0 Å². The summed E-state index contributed by atoms with van der Waals surface area (Å²) >= 11 is 0. The summed E-state index contributed by atoms with van der Waals surface area (Å²) in [4.78, 5) is 8.98. The van der Waals surface area contributed by atoms with Gasteiger partial charge < -0.3 is 30.4 Å². The van der Waals surface area contributed by atoms with E-state index in [9.17, 15) is 8.78 Å². The molecule has 10 heteroatoms. The van der Waals surface area contributed by atoms with Crippen LogP contribution < -0.4 is 11.1 Å². The Balaban J connectivity index is 1.39. The van der Waals surface area contributed by atoms with E-state index in [0.717, 1.165) is 22.7 Å². The van der Waals surface area contributed by atoms with Crippen molar-refractivity contribution in [3.8, 4) is 11.1 Å². The highest BCUT2D eigenvalue weighted by Crippen LogP contribution is 2.36. The van der Waals surface area contributed by atoms with Crippen LogP contribution in [-0.2, 0) is 27.4 Å². The highest BCUT2D eigenvalue weighted by molar-refractivity contribution is 5.88. The van der Waals surface area contributed by atoms with E-state index in [1.54, 1.807) is 6.07 Å². The van der Waals surface area contributed by atoms with Gasteiger partial charge in [0.1, 0.15) is 0 Å². The number of aliphatic hydroxyl groups excluding tert-OH is 1. The summed E-state index contributed by atoms with van der Waals surface area (Å²) in [6, 6.07) is 15.8. The molecule has 1 atom stereocenters. The number of halogens is 2. The Morgan fingerprint density at radius 2 is 1.64 bits per heavy atom. The summed E-state index contributed by atoms with van der Waals surface area (Å²) in [5.41, 5.74) is 11.4. The number of fused-ring (bicyclic) bond motifs is 2. The quantitative estimate of drug-likeness (QED) is 0.234. The number of aliphatic hydroxyl groups is 1. The van der Waals surface area contributed by atoms with E-state index in [2.05, 4.69) is 27.4 Å². The van der Waals surface area contributed by atoms with Crippen molar-refractivity contribution in [2.75, 3.05) is 45.4 Å². The summed E-state index contributed by atoms with van der Waals surface area (Å²) < 4.78 is 44.9. The number of ether oxygens (including phenoxy) is 3. The maximum absolute atomic E-state index is 14.4. The predicted octanol–water partition coefficient (Wildman–Crippen LogP) is 3.89. The van der Waals surface area contributed by atoms with Crippen LogP contribution in [0.2, 0.25) is 0 Å². The molecular weight excluding hydrogens is 506 g/mol. The molecule has 8 nitrogen and oxygen atoms in total. The number of hydrogen-bond acceptors (Lipinski definition) is 8. The zero-order valence-electron chi connectivity index (χ0n) is 21.3. The van der Waals surface area contributed by atoms with Gasteiger partial charge in [-0.3, -0.25) is 0 Å². The number of nitrogens with one attached hydrogen (secondary N) is 1. The number of benzene rings is 3. The van der Waals surface area contributed by atoms with Gasteiger partial charge in [0.05, 0.1) is 63.5 Å². The second-order valence-corrected chi connectivity index (χ2v) is 9.14. The number of aromatic nitrogens is 2. The van der Waals surface area contributed by atoms with E-state index in [1.807, 2.05) is 24.3 Å². The lowest BCUT2D eigenvalue weighted by Crippen LogP contribution is -2.16. The fourth-order valence-corrected chi connectivity index (χ4v) is 4.76. The second kappa shape index (κ2) is 12.5. The molecule has 5 rings (SSSR count). The summed E-state index contributed by atoms with van der Waals surface area (Å²) in [5.74, 6) is -1.72. The van der Waals surface area contributed by atoms with Crippen molar-refractivity contribution in [1.29, 1.82) is 0 Å². The molecule has 0 amide bonds. The van der Waals surface area contributed by atoms with Crippen molar-refractivity contribution in [1.82, 2.24) is 15.3 Å². The van der Waals surface area contributed by atoms with Crippen molar-refractivity contribution in [2.45, 2.75) is 19.2 Å². The Hall–Kier alpha value is -3.54. The minimum absolute atomic E-state index is 0.0370. The maximum Gasteiger partial charge on any atom is 0.220 e. The summed E-state index contributed by atoms with van der Waals surface area (Å²) in [7, 11) is 0. The molecule has 0 saturated carbocycles. The molecule has 0 radical (unpaired) electrons. The molecule has 1 aliphatic heterocycles. The average molecular weight is 537 g/mol. The largest absolute Gasteiger partial charge is 0.394 e. The molecule has 0 aliphatic carbocycles. The number of nitrogens with two attached hydrogens (primary N) is 1. The van der Waals surface area contributed by atoms with Crippen molar-refractivity contribution in [3.05, 3.63) is 88.6 Å². The summed E-state index contributed by atoms with van der Waals surface area (Å²) in [6.07, 6.45) is 0. The zero-order valence-corrected chi connectivity index (χ0v) is 21.3. The number of nitrogen functional groups attached to an aromatic ring is 1. The molecule has 1 unspecified atom stereocenters. The first-order chi connectivity index (χ1) is 19.0. The van der Waals surface area contributed by atoms with Crippen LogP contribution in [0.15, 0.2) is 54.6 Å². The Bertz CT molecular complexity index is 1450. The molecule has 0 spiro atoms. The molecule has 1 aliphatic rings. The monoisotopic (exact) mass is 536 g/mol. The molecule has 0 saturated heterocycles. The van der Waals surface area contributed by atoms with Gasteiger partial charge in [-0.05, 0) is 52.1 Å². The minimum atomic E-state index is -0.945. The van der Waals surface area contributed by atoms with Crippen LogP contribution in [0.3, 0.4) is 0 Å². The lowest BCUT2D eigenvalue weighted by Gasteiger charge is -2.17. The normalized spacial score (nSPS) is 14.7. The van der Waals surface area contributed by atoms with E-state index in [0.29, 0.717) is 48.6 Å². The zero-order chi connectivity index (χ0) is 27.2. The molecule has 39 heavy (non-hydrogen) atoms. The van der Waals surface area contributed by atoms with Gasteiger partial charge in [-0.15, -0.1) is 0 Å². The highest BCUT2D eigenvalue weighted by atomic mass is 19.2. The summed E-state index contributed by atoms with van der Waals surface area (Å²) in [5, 5.41) is 13.0. The van der Waals surface area contributed by atoms with E-state index in [1.165, 1.54) is 11.6 Å². The van der Waals surface area contributed by atoms with Crippen LogP contribution in [0.1, 0.15) is 28.4 Å². The van der Waals surface area contributed by atoms with Crippen LogP contribution in [0.5, 0.6) is 0 Å². The standard InChI is InChI=1S/C29H30F2N4O4/c30-24-14-20(17-39-12-11-38-10-9-37-8-7-36)22(15-25(24)31)18-5-6-26-23(13-18)28(35-29(32)34-26)27-21-4-2-1-3-19(21)16-33-27/h1-6,13-15,27,33,36H,7-12,16-17H2,(H2,32,34,35). The summed E-state index contributed by atoms with van der Waals surface area (Å²) in [6.45, 7) is 2.31.